The van der Waals surface area contributed by atoms with Gasteiger partial charge in [0, 0.05) is 26.8 Å². The maximum absolute atomic E-state index is 3.03. The van der Waals surface area contributed by atoms with Crippen molar-refractivity contribution in [1.29, 1.82) is 0 Å². The van der Waals surface area contributed by atoms with Gasteiger partial charge in [0.15, 0.2) is 0 Å². The molecular formula is C8H14Ga. The average molecular weight is 180 g/mol. The van der Waals surface area contributed by atoms with Gasteiger partial charge in [0.1, 0.15) is 0 Å². The van der Waals surface area contributed by atoms with Crippen LogP contribution in [0.5, 0.6) is 0 Å². The molecule has 0 aromatic rings. The van der Waals surface area contributed by atoms with Crippen molar-refractivity contribution in [1.82, 2.24) is 0 Å². The van der Waals surface area contributed by atoms with Gasteiger partial charge >= 0.3 is 0 Å². The minimum absolute atomic E-state index is 0. The quantitative estimate of drug-likeness (QED) is 0.330. The van der Waals surface area contributed by atoms with Crippen LogP contribution in [0, 0.1) is 12.2 Å². The molecule has 0 rings (SSSR count). The van der Waals surface area contributed by atoms with E-state index in [1.165, 1.54) is 11.1 Å². The molecule has 1 heteroatoms. The standard InChI is InChI=1S/C8H12.Ga.H2/c1-5-7(3)8(4)6-2;;/h1-4H3;;1H. The number of allylic oxidation sites excluding steroid dienone is 4. The summed E-state index contributed by atoms with van der Waals surface area (Å²) in [5.74, 6) is 0. The Kier molecular flexibility index (Phi) is 8.05. The molecule has 0 unspecified atom stereocenters. The molecule has 0 saturated heterocycles. The number of hydrogen-bond acceptors (Lipinski definition) is 0. The van der Waals surface area contributed by atoms with Gasteiger partial charge in [-0.05, 0) is 13.0 Å². The molecule has 0 aliphatic rings. The summed E-state index contributed by atoms with van der Waals surface area (Å²) in [6.07, 6.45) is 6.07. The van der Waals surface area contributed by atoms with E-state index in [0.717, 1.165) is 0 Å². The first kappa shape index (κ1) is 11.8. The summed E-state index contributed by atoms with van der Waals surface area (Å²) in [7, 11) is 0. The summed E-state index contributed by atoms with van der Waals surface area (Å²) in [4.78, 5) is 0. The third-order valence-corrected chi connectivity index (χ3v) is 1.31. The van der Waals surface area contributed by atoms with Crippen LogP contribution < -0.4 is 0 Å². The van der Waals surface area contributed by atoms with Crippen LogP contribution >= 0.6 is 0 Å². The van der Waals surface area contributed by atoms with Crippen molar-refractivity contribution in [3.8, 4) is 0 Å². The second kappa shape index (κ2) is 6.15. The van der Waals surface area contributed by atoms with Gasteiger partial charge in [-0.25, -0.2) is 0 Å². The monoisotopic (exact) mass is 179 g/mol. The van der Waals surface area contributed by atoms with Crippen molar-refractivity contribution in [2.45, 2.75) is 27.7 Å². The van der Waals surface area contributed by atoms with E-state index in [1.54, 1.807) is 0 Å². The molecule has 0 amide bonds. The zero-order valence-corrected chi connectivity index (χ0v) is 9.00. The molecule has 0 spiro atoms. The second-order valence-electron chi connectivity index (χ2n) is 1.75. The van der Waals surface area contributed by atoms with Gasteiger partial charge in [-0.15, -0.1) is 6.92 Å². The minimum Gasteiger partial charge on any atom is -0.170 e. The molecule has 49 valence electrons. The predicted molar refractivity (Wildman–Crippen MR) is 44.1 cm³/mol. The first-order chi connectivity index (χ1) is 3.72. The molecule has 3 radical (unpaired) electrons. The Bertz CT molecular complexity index is 109. The van der Waals surface area contributed by atoms with Crippen LogP contribution in [-0.4, -0.2) is 19.8 Å². The number of rotatable bonds is 1. The van der Waals surface area contributed by atoms with E-state index < -0.39 is 0 Å². The minimum atomic E-state index is 0. The summed E-state index contributed by atoms with van der Waals surface area (Å²) in [5.41, 5.74) is 2.38. The maximum Gasteiger partial charge on any atom is 0.0569 e. The molecule has 0 bridgehead atoms. The molecule has 0 saturated carbocycles. The van der Waals surface area contributed by atoms with Crippen LogP contribution in [0.15, 0.2) is 11.1 Å². The van der Waals surface area contributed by atoms with Crippen molar-refractivity contribution >= 4 is 19.8 Å². The summed E-state index contributed by atoms with van der Waals surface area (Å²) in [6.45, 7) is 7.89. The van der Waals surface area contributed by atoms with Gasteiger partial charge in [0.25, 0.3) is 0 Å². The summed E-state index contributed by atoms with van der Waals surface area (Å²) < 4.78 is 0. The van der Waals surface area contributed by atoms with E-state index in [4.69, 9.17) is 0 Å². The Morgan fingerprint density at radius 1 is 1.44 bits per heavy atom. The first-order valence-electron chi connectivity index (χ1n) is 2.75. The summed E-state index contributed by atoms with van der Waals surface area (Å²) in [6, 6.07) is 0. The largest absolute Gasteiger partial charge is 0.170 e. The Morgan fingerprint density at radius 2 is 1.89 bits per heavy atom. The molecule has 0 aromatic carbocycles. The van der Waals surface area contributed by atoms with Gasteiger partial charge in [0.05, 0.1) is 6.92 Å². The van der Waals surface area contributed by atoms with Crippen LogP contribution in [0.2, 0.25) is 0 Å². The van der Waals surface area contributed by atoms with E-state index in [9.17, 15) is 0 Å². The van der Waals surface area contributed by atoms with E-state index in [-0.39, 0.29) is 21.2 Å². The zero-order valence-electron chi connectivity index (χ0n) is 6.58. The van der Waals surface area contributed by atoms with Gasteiger partial charge in [-0.2, -0.15) is 6.08 Å². The van der Waals surface area contributed by atoms with Crippen molar-refractivity contribution in [2.24, 2.45) is 0 Å². The van der Waals surface area contributed by atoms with E-state index in [2.05, 4.69) is 12.2 Å². The summed E-state index contributed by atoms with van der Waals surface area (Å²) >= 11 is 0. The maximum atomic E-state index is 3.03. The predicted octanol–water partition coefficient (Wildman–Crippen LogP) is 2.39. The topological polar surface area (TPSA) is 0 Å². The van der Waals surface area contributed by atoms with Crippen LogP contribution in [0.4, 0.5) is 0 Å². The van der Waals surface area contributed by atoms with E-state index >= 15 is 0 Å². The zero-order chi connectivity index (χ0) is 6.57. The molecule has 0 heterocycles. The molecule has 0 fully saturated rings. The van der Waals surface area contributed by atoms with Crippen LogP contribution in [0.3, 0.4) is 0 Å². The normalized spacial score (nSPS) is 12.0. The number of hydrogen-bond donors (Lipinski definition) is 0. The Labute approximate surface area is 72.6 Å². The van der Waals surface area contributed by atoms with Crippen LogP contribution in [0.1, 0.15) is 29.1 Å². The molecule has 0 aliphatic heterocycles. The molecule has 0 atom stereocenters. The first-order valence-corrected chi connectivity index (χ1v) is 2.75. The molecular weight excluding hydrogens is 166 g/mol. The third kappa shape index (κ3) is 4.52. The molecule has 9 heavy (non-hydrogen) atoms. The van der Waals surface area contributed by atoms with E-state index in [0.29, 0.717) is 0 Å². The van der Waals surface area contributed by atoms with E-state index in [1.807, 2.05) is 27.7 Å². The Balaban J connectivity index is -0.000000245. The smallest absolute Gasteiger partial charge is 0.0569 e. The van der Waals surface area contributed by atoms with Crippen molar-refractivity contribution in [3.63, 3.8) is 0 Å². The molecule has 0 aliphatic carbocycles. The van der Waals surface area contributed by atoms with Gasteiger partial charge in [-0.3, -0.25) is 0 Å². The van der Waals surface area contributed by atoms with Crippen molar-refractivity contribution in [3.05, 3.63) is 23.3 Å². The Morgan fingerprint density at radius 3 is 2.00 bits per heavy atom. The fourth-order valence-corrected chi connectivity index (χ4v) is 0.375. The molecule has 0 N–H and O–H groups in total. The van der Waals surface area contributed by atoms with Crippen molar-refractivity contribution in [2.75, 3.05) is 0 Å². The summed E-state index contributed by atoms with van der Waals surface area (Å²) in [5, 5.41) is 0. The van der Waals surface area contributed by atoms with Crippen molar-refractivity contribution < 1.29 is 1.43 Å². The fraction of sp³-hybridized carbons (Fsp3) is 0.500. The SMILES string of the molecule is C[C+]=C(C)C(C)=[C-]C.[Ga].[HH]. The average Bonchev–Trinajstić information content (AvgIpc) is 1.84. The van der Waals surface area contributed by atoms with Gasteiger partial charge < -0.3 is 0 Å². The van der Waals surface area contributed by atoms with Gasteiger partial charge in [0.2, 0.25) is 0 Å². The fourth-order valence-electron chi connectivity index (χ4n) is 0.375. The third-order valence-electron chi connectivity index (χ3n) is 1.31. The van der Waals surface area contributed by atoms with Gasteiger partial charge in [-0.1, -0.05) is 12.5 Å². The molecule has 0 nitrogen and oxygen atoms in total. The second-order valence-corrected chi connectivity index (χ2v) is 1.75. The Hall–Kier alpha value is 0.0264. The molecule has 0 aromatic heterocycles. The van der Waals surface area contributed by atoms with Crippen LogP contribution in [-0.2, 0) is 0 Å². The van der Waals surface area contributed by atoms with Crippen LogP contribution in [0.25, 0.3) is 0 Å².